The smallest absolute Gasteiger partial charge is 0.246 e. The van der Waals surface area contributed by atoms with E-state index in [1.165, 1.54) is 30.9 Å². The van der Waals surface area contributed by atoms with Gasteiger partial charge in [0, 0.05) is 31.0 Å². The fraction of sp³-hybridized carbons (Fsp3) is 0.211. The minimum Gasteiger partial charge on any atom is -0.286 e. The normalized spacial score (nSPS) is 11.4. The van der Waals surface area contributed by atoms with Crippen LogP contribution in [0.2, 0.25) is 0 Å². The number of nitrogens with zero attached hydrogens (tertiary/aromatic N) is 4. The topological polar surface area (TPSA) is 105 Å². The van der Waals surface area contributed by atoms with E-state index in [0.717, 1.165) is 11.8 Å². The Morgan fingerprint density at radius 1 is 1.14 bits per heavy atom. The molecule has 0 bridgehead atoms. The molecule has 29 heavy (non-hydrogen) atoms. The summed E-state index contributed by atoms with van der Waals surface area (Å²) in [5, 5.41) is 14.7. The minimum absolute atomic E-state index is 0.149. The lowest BCUT2D eigenvalue weighted by Crippen LogP contribution is -2.22. The van der Waals surface area contributed by atoms with Gasteiger partial charge in [-0.05, 0) is 24.3 Å². The summed E-state index contributed by atoms with van der Waals surface area (Å²) in [7, 11) is -2.01. The first-order valence-electron chi connectivity index (χ1n) is 8.67. The van der Waals surface area contributed by atoms with Crippen LogP contribution in [0.25, 0.3) is 17.1 Å². The fourth-order valence-electron chi connectivity index (χ4n) is 2.53. The van der Waals surface area contributed by atoms with Crippen molar-refractivity contribution in [3.05, 3.63) is 54.6 Å². The molecule has 1 amide bonds. The molecule has 0 aliphatic heterocycles. The molecule has 0 spiro atoms. The Morgan fingerprint density at radius 3 is 2.38 bits per heavy atom. The maximum atomic E-state index is 11.7. The standard InChI is InChI=1S/C19H20N4O4S2/c1-22(25)17(24)12-13-28-19-20-18(14-6-4-3-5-7-14)23(21-19)15-8-10-16(11-9-15)29(2,26)27/h3-11,25H,12-13H2,1-2H3. The van der Waals surface area contributed by atoms with E-state index in [9.17, 15) is 13.2 Å². The molecule has 10 heteroatoms. The Bertz CT molecular complexity index is 1090. The molecule has 152 valence electrons. The van der Waals surface area contributed by atoms with Crippen LogP contribution >= 0.6 is 11.8 Å². The number of rotatable bonds is 7. The Hall–Kier alpha value is -2.69. The first-order valence-corrected chi connectivity index (χ1v) is 11.5. The van der Waals surface area contributed by atoms with E-state index >= 15 is 0 Å². The Labute approximate surface area is 173 Å². The molecule has 1 heterocycles. The van der Waals surface area contributed by atoms with Crippen molar-refractivity contribution in [3.8, 4) is 17.1 Å². The zero-order chi connectivity index (χ0) is 21.0. The number of sulfone groups is 1. The monoisotopic (exact) mass is 432 g/mol. The van der Waals surface area contributed by atoms with Crippen LogP contribution in [0.1, 0.15) is 6.42 Å². The summed E-state index contributed by atoms with van der Waals surface area (Å²) in [5.41, 5.74) is 1.52. The summed E-state index contributed by atoms with van der Waals surface area (Å²) in [6.45, 7) is 0. The molecule has 0 aliphatic carbocycles. The third-order valence-electron chi connectivity index (χ3n) is 4.04. The molecular formula is C19H20N4O4S2. The lowest BCUT2D eigenvalue weighted by atomic mass is 10.2. The summed E-state index contributed by atoms with van der Waals surface area (Å²) in [4.78, 5) is 16.3. The van der Waals surface area contributed by atoms with Crippen LogP contribution in [-0.4, -0.2) is 58.4 Å². The van der Waals surface area contributed by atoms with Gasteiger partial charge in [0.15, 0.2) is 15.7 Å². The van der Waals surface area contributed by atoms with E-state index in [1.54, 1.807) is 16.8 Å². The summed E-state index contributed by atoms with van der Waals surface area (Å²) < 4.78 is 25.1. The van der Waals surface area contributed by atoms with Crippen LogP contribution < -0.4 is 0 Å². The number of carbonyl (C=O) groups excluding carboxylic acids is 1. The van der Waals surface area contributed by atoms with Gasteiger partial charge in [-0.25, -0.2) is 23.1 Å². The Morgan fingerprint density at radius 2 is 1.79 bits per heavy atom. The molecule has 1 aromatic heterocycles. The van der Waals surface area contributed by atoms with Crippen molar-refractivity contribution in [3.63, 3.8) is 0 Å². The van der Waals surface area contributed by atoms with E-state index in [0.29, 0.717) is 27.5 Å². The van der Waals surface area contributed by atoms with Crippen molar-refractivity contribution in [1.29, 1.82) is 0 Å². The SMILES string of the molecule is CN(O)C(=O)CCSc1nc(-c2ccccc2)n(-c2ccc(S(C)(=O)=O)cc2)n1. The van der Waals surface area contributed by atoms with Crippen molar-refractivity contribution in [1.82, 2.24) is 19.8 Å². The summed E-state index contributed by atoms with van der Waals surface area (Å²) in [5.74, 6) is 0.622. The summed E-state index contributed by atoms with van der Waals surface area (Å²) in [6.07, 6.45) is 1.31. The molecule has 3 aromatic rings. The molecule has 3 rings (SSSR count). The van der Waals surface area contributed by atoms with Gasteiger partial charge in [-0.15, -0.1) is 5.10 Å². The molecule has 0 aliphatic rings. The maximum absolute atomic E-state index is 11.7. The molecular weight excluding hydrogens is 412 g/mol. The van der Waals surface area contributed by atoms with Crippen LogP contribution in [0.5, 0.6) is 0 Å². The highest BCUT2D eigenvalue weighted by molar-refractivity contribution is 7.99. The molecule has 2 aromatic carbocycles. The number of hydrogen-bond acceptors (Lipinski definition) is 7. The highest BCUT2D eigenvalue weighted by Gasteiger charge is 2.16. The van der Waals surface area contributed by atoms with Crippen LogP contribution in [-0.2, 0) is 14.6 Å². The van der Waals surface area contributed by atoms with Gasteiger partial charge in [0.1, 0.15) is 0 Å². The summed E-state index contributed by atoms with van der Waals surface area (Å²) >= 11 is 1.30. The third kappa shape index (κ3) is 5.22. The highest BCUT2D eigenvalue weighted by Crippen LogP contribution is 2.25. The van der Waals surface area contributed by atoms with Gasteiger partial charge >= 0.3 is 0 Å². The lowest BCUT2D eigenvalue weighted by molar-refractivity contribution is -0.158. The first kappa shape index (κ1) is 21.0. The van der Waals surface area contributed by atoms with Gasteiger partial charge in [0.05, 0.1) is 10.6 Å². The zero-order valence-electron chi connectivity index (χ0n) is 15.9. The van der Waals surface area contributed by atoms with Crippen LogP contribution in [0.3, 0.4) is 0 Å². The van der Waals surface area contributed by atoms with Gasteiger partial charge in [-0.3, -0.25) is 10.0 Å². The lowest BCUT2D eigenvalue weighted by Gasteiger charge is -2.07. The quantitative estimate of drug-likeness (QED) is 0.348. The fourth-order valence-corrected chi connectivity index (χ4v) is 3.91. The molecule has 0 saturated heterocycles. The summed E-state index contributed by atoms with van der Waals surface area (Å²) in [6, 6.07) is 15.9. The van der Waals surface area contributed by atoms with E-state index < -0.39 is 15.7 Å². The third-order valence-corrected chi connectivity index (χ3v) is 6.01. The average Bonchev–Trinajstić information content (AvgIpc) is 3.12. The number of thioether (sulfide) groups is 1. The molecule has 0 unspecified atom stereocenters. The van der Waals surface area contributed by atoms with E-state index in [2.05, 4.69) is 10.1 Å². The van der Waals surface area contributed by atoms with Crippen molar-refractivity contribution in [2.24, 2.45) is 0 Å². The number of amides is 1. The predicted molar refractivity (Wildman–Crippen MR) is 110 cm³/mol. The van der Waals surface area contributed by atoms with Crippen LogP contribution in [0.4, 0.5) is 0 Å². The van der Waals surface area contributed by atoms with Gasteiger partial charge in [-0.2, -0.15) is 0 Å². The van der Waals surface area contributed by atoms with Crippen LogP contribution in [0.15, 0.2) is 64.6 Å². The minimum atomic E-state index is -3.29. The zero-order valence-corrected chi connectivity index (χ0v) is 17.5. The van der Waals surface area contributed by atoms with Crippen molar-refractivity contribution < 1.29 is 18.4 Å². The highest BCUT2D eigenvalue weighted by atomic mass is 32.2. The molecule has 0 saturated carbocycles. The van der Waals surface area contributed by atoms with Crippen molar-refractivity contribution in [2.45, 2.75) is 16.5 Å². The average molecular weight is 433 g/mol. The van der Waals surface area contributed by atoms with Crippen molar-refractivity contribution in [2.75, 3.05) is 19.1 Å². The van der Waals surface area contributed by atoms with Crippen LogP contribution in [0, 0.1) is 0 Å². The first-order chi connectivity index (χ1) is 13.8. The van der Waals surface area contributed by atoms with E-state index in [1.807, 2.05) is 30.3 Å². The van der Waals surface area contributed by atoms with Gasteiger partial charge in [-0.1, -0.05) is 42.1 Å². The van der Waals surface area contributed by atoms with E-state index in [4.69, 9.17) is 5.21 Å². The van der Waals surface area contributed by atoms with Crippen molar-refractivity contribution >= 4 is 27.5 Å². The molecule has 0 atom stereocenters. The molecule has 0 fully saturated rings. The number of hydrogen-bond donors (Lipinski definition) is 1. The Kier molecular flexibility index (Phi) is 6.36. The Balaban J connectivity index is 1.92. The van der Waals surface area contributed by atoms with Gasteiger partial charge in [0.2, 0.25) is 11.1 Å². The van der Waals surface area contributed by atoms with Gasteiger partial charge in [0.25, 0.3) is 0 Å². The number of hydroxylamine groups is 2. The second-order valence-corrected chi connectivity index (χ2v) is 9.36. The largest absolute Gasteiger partial charge is 0.286 e. The van der Waals surface area contributed by atoms with E-state index in [-0.39, 0.29) is 11.3 Å². The number of carbonyl (C=O) groups is 1. The molecule has 1 N–H and O–H groups in total. The second-order valence-electron chi connectivity index (χ2n) is 6.28. The number of benzene rings is 2. The molecule has 0 radical (unpaired) electrons. The number of aromatic nitrogens is 3. The second kappa shape index (κ2) is 8.76. The molecule has 8 nitrogen and oxygen atoms in total. The van der Waals surface area contributed by atoms with Gasteiger partial charge < -0.3 is 0 Å². The maximum Gasteiger partial charge on any atom is 0.246 e. The predicted octanol–water partition coefficient (Wildman–Crippen LogP) is 2.67.